The SMILES string of the molecule is CC(c1ccccc1)c1cc2[n+]3c(c1)-n1c4ccccc4c4cc5c6ccccc6n6c5c(c41)C31c3c-6ccc4c3N3c5c(cccc5C(C)(C)c5ccc-2[n+]1c53)C4(C)C. The van der Waals surface area contributed by atoms with Gasteiger partial charge < -0.3 is 4.57 Å². The quantitative estimate of drug-likeness (QED) is 0.160. The second-order valence-corrected chi connectivity index (χ2v) is 19.4. The van der Waals surface area contributed by atoms with E-state index in [2.05, 4.69) is 197 Å². The fraction of sp³-hybridized carbons (Fsp3) is 0.164. The number of fused-ring (bicyclic) bond motifs is 9. The third-order valence-electron chi connectivity index (χ3n) is 16.2. The summed E-state index contributed by atoms with van der Waals surface area (Å²) in [5.41, 5.74) is 21.5. The first-order valence-corrected chi connectivity index (χ1v) is 21.6. The minimum Gasteiger partial charge on any atom is -0.308 e. The van der Waals surface area contributed by atoms with Crippen molar-refractivity contribution in [2.45, 2.75) is 57.0 Å². The molecule has 1 spiro atoms. The molecule has 60 heavy (non-hydrogen) atoms. The molecule has 2 atom stereocenters. The van der Waals surface area contributed by atoms with Crippen LogP contribution in [0.1, 0.15) is 85.0 Å². The molecule has 0 saturated heterocycles. The fourth-order valence-corrected chi connectivity index (χ4v) is 13.6. The molecule has 6 aliphatic rings. The van der Waals surface area contributed by atoms with Crippen molar-refractivity contribution in [3.8, 4) is 22.9 Å². The molecule has 4 aromatic heterocycles. The molecular formula is C55H39N5+2. The van der Waals surface area contributed by atoms with E-state index in [4.69, 9.17) is 0 Å². The number of aromatic nitrogens is 4. The molecule has 5 nitrogen and oxygen atoms in total. The van der Waals surface area contributed by atoms with Crippen molar-refractivity contribution in [2.24, 2.45) is 0 Å². The van der Waals surface area contributed by atoms with Crippen LogP contribution in [-0.2, 0) is 16.5 Å². The topological polar surface area (TPSA) is 20.9 Å². The predicted molar refractivity (Wildman–Crippen MR) is 239 cm³/mol. The Kier molecular flexibility index (Phi) is 4.78. The second-order valence-electron chi connectivity index (χ2n) is 19.4. The van der Waals surface area contributed by atoms with E-state index in [1.165, 1.54) is 128 Å². The molecule has 0 fully saturated rings. The maximum atomic E-state index is 2.84. The number of nitrogens with zero attached hydrogens (tertiary/aromatic N) is 5. The summed E-state index contributed by atoms with van der Waals surface area (Å²) in [6.07, 6.45) is 0. The zero-order chi connectivity index (χ0) is 39.5. The summed E-state index contributed by atoms with van der Waals surface area (Å²) in [4.78, 5) is 2.73. The Bertz CT molecular complexity index is 3790. The standard InChI is InChI=1S/C55H39N5/c1-29(30-14-7-6-8-15-30)31-26-44-42-24-23-39-52-58-50-36(18-13-19-37(50)54(39,4)5)53(2,3)38-22-25-43-46(51(38)58)55(60(42)52)47-48-34(32-16-9-11-20-40(32)56(43)48)28-35-33-17-10-12-21-41(33)57(49(35)47)45(27-31)59(44)55/h6-29H,1-5H3/q+2. The van der Waals surface area contributed by atoms with E-state index in [0.717, 1.165) is 0 Å². The van der Waals surface area contributed by atoms with Crippen LogP contribution in [0.3, 0.4) is 0 Å². The number of benzene rings is 6. The first-order valence-electron chi connectivity index (χ1n) is 21.6. The van der Waals surface area contributed by atoms with Crippen molar-refractivity contribution in [1.29, 1.82) is 0 Å². The van der Waals surface area contributed by atoms with Gasteiger partial charge in [0.1, 0.15) is 22.3 Å². The fourth-order valence-electron chi connectivity index (χ4n) is 13.6. The number of hydrogen-bond acceptors (Lipinski definition) is 1. The summed E-state index contributed by atoms with van der Waals surface area (Å²) in [5.74, 6) is 2.73. The first-order chi connectivity index (χ1) is 29.2. The predicted octanol–water partition coefficient (Wildman–Crippen LogP) is 11.6. The number of para-hydroxylation sites is 3. The van der Waals surface area contributed by atoms with Gasteiger partial charge in [0.05, 0.1) is 22.3 Å². The van der Waals surface area contributed by atoms with E-state index in [1.54, 1.807) is 0 Å². The van der Waals surface area contributed by atoms with Crippen LogP contribution >= 0.6 is 0 Å². The zero-order valence-electron chi connectivity index (χ0n) is 34.1. The lowest BCUT2D eigenvalue weighted by atomic mass is 9.64. The lowest BCUT2D eigenvalue weighted by molar-refractivity contribution is -0.931. The van der Waals surface area contributed by atoms with Crippen LogP contribution in [0.2, 0.25) is 0 Å². The van der Waals surface area contributed by atoms with Gasteiger partial charge in [-0.05, 0) is 59.7 Å². The molecule has 0 radical (unpaired) electrons. The lowest BCUT2D eigenvalue weighted by Gasteiger charge is -2.50. The van der Waals surface area contributed by atoms with E-state index in [-0.39, 0.29) is 16.7 Å². The summed E-state index contributed by atoms with van der Waals surface area (Å²) in [6, 6.07) is 54.0. The van der Waals surface area contributed by atoms with E-state index in [1.807, 2.05) is 0 Å². The van der Waals surface area contributed by atoms with Gasteiger partial charge in [-0.1, -0.05) is 120 Å². The maximum Gasteiger partial charge on any atom is 0.319 e. The normalized spacial score (nSPS) is 19.3. The van der Waals surface area contributed by atoms with Gasteiger partial charge >= 0.3 is 5.66 Å². The van der Waals surface area contributed by atoms with Crippen molar-refractivity contribution < 1.29 is 9.13 Å². The lowest BCUT2D eigenvalue weighted by Crippen LogP contribution is -2.77. The molecule has 0 bridgehead atoms. The van der Waals surface area contributed by atoms with Crippen molar-refractivity contribution in [3.63, 3.8) is 0 Å². The summed E-state index contributed by atoms with van der Waals surface area (Å²) < 4.78 is 10.9. The summed E-state index contributed by atoms with van der Waals surface area (Å²) in [7, 11) is 0. The van der Waals surface area contributed by atoms with Crippen LogP contribution < -0.4 is 14.0 Å². The van der Waals surface area contributed by atoms with Crippen LogP contribution in [-0.4, -0.2) is 9.13 Å². The third-order valence-corrected chi connectivity index (χ3v) is 16.2. The third kappa shape index (κ3) is 2.87. The zero-order valence-corrected chi connectivity index (χ0v) is 34.1. The molecule has 6 aliphatic heterocycles. The van der Waals surface area contributed by atoms with E-state index >= 15 is 0 Å². The Morgan fingerprint density at radius 1 is 0.483 bits per heavy atom. The molecule has 2 unspecified atom stereocenters. The van der Waals surface area contributed by atoms with Gasteiger partial charge in [-0.25, -0.2) is 0 Å². The van der Waals surface area contributed by atoms with Crippen LogP contribution in [0.25, 0.3) is 66.5 Å². The average molecular weight is 770 g/mol. The maximum absolute atomic E-state index is 2.84. The molecule has 282 valence electrons. The molecule has 0 saturated carbocycles. The van der Waals surface area contributed by atoms with Crippen LogP contribution in [0.5, 0.6) is 0 Å². The molecule has 0 amide bonds. The first kappa shape index (κ1) is 31.0. The summed E-state index contributed by atoms with van der Waals surface area (Å²) >= 11 is 0. The Balaban J connectivity index is 1.23. The van der Waals surface area contributed by atoms with Crippen molar-refractivity contribution in [3.05, 3.63) is 184 Å². The Labute approximate surface area is 346 Å². The van der Waals surface area contributed by atoms with Gasteiger partial charge in [-0.2, -0.15) is 18.6 Å². The van der Waals surface area contributed by atoms with Gasteiger partial charge in [-0.15, -0.1) is 0 Å². The average Bonchev–Trinajstić information content (AvgIpc) is 3.90. The number of anilines is 3. The Hall–Kier alpha value is -6.98. The van der Waals surface area contributed by atoms with Gasteiger partial charge in [0.2, 0.25) is 0 Å². The number of hydrogen-bond donors (Lipinski definition) is 0. The minimum atomic E-state index is -0.695. The van der Waals surface area contributed by atoms with Crippen molar-refractivity contribution >= 4 is 60.8 Å². The van der Waals surface area contributed by atoms with Crippen LogP contribution in [0.4, 0.5) is 17.2 Å². The monoisotopic (exact) mass is 769 g/mol. The van der Waals surface area contributed by atoms with Gasteiger partial charge in [0.15, 0.2) is 22.6 Å². The number of pyridine rings is 2. The molecule has 0 aliphatic carbocycles. The van der Waals surface area contributed by atoms with Crippen LogP contribution in [0, 0.1) is 0 Å². The molecule has 5 heteroatoms. The Morgan fingerprint density at radius 3 is 1.87 bits per heavy atom. The molecule has 10 aromatic rings. The Morgan fingerprint density at radius 2 is 1.12 bits per heavy atom. The van der Waals surface area contributed by atoms with Crippen molar-refractivity contribution in [1.82, 2.24) is 9.13 Å². The molecular weight excluding hydrogens is 731 g/mol. The number of rotatable bonds is 2. The minimum absolute atomic E-state index is 0.193. The second kappa shape index (κ2) is 9.25. The van der Waals surface area contributed by atoms with Gasteiger partial charge in [0.25, 0.3) is 11.6 Å². The highest BCUT2D eigenvalue weighted by Crippen LogP contribution is 2.67. The van der Waals surface area contributed by atoms with E-state index in [0.29, 0.717) is 0 Å². The molecule has 6 aromatic carbocycles. The van der Waals surface area contributed by atoms with Gasteiger partial charge in [-0.3, -0.25) is 0 Å². The van der Waals surface area contributed by atoms with E-state index in [9.17, 15) is 0 Å². The summed E-state index contributed by atoms with van der Waals surface area (Å²) in [6.45, 7) is 12.2. The molecule has 16 rings (SSSR count). The van der Waals surface area contributed by atoms with Crippen LogP contribution in [0.15, 0.2) is 140 Å². The van der Waals surface area contributed by atoms with Gasteiger partial charge in [0, 0.05) is 61.0 Å². The highest BCUT2D eigenvalue weighted by molar-refractivity contribution is 6.22. The summed E-state index contributed by atoms with van der Waals surface area (Å²) in [5, 5.41) is 5.25. The molecule has 10 heterocycles. The van der Waals surface area contributed by atoms with E-state index < -0.39 is 5.66 Å². The highest BCUT2D eigenvalue weighted by Gasteiger charge is 2.72. The van der Waals surface area contributed by atoms with Crippen molar-refractivity contribution in [2.75, 3.05) is 4.90 Å². The smallest absolute Gasteiger partial charge is 0.308 e. The molecule has 0 N–H and O–H groups in total. The highest BCUT2D eigenvalue weighted by atomic mass is 15.5. The largest absolute Gasteiger partial charge is 0.319 e.